The molecule has 2 aromatic rings. The third-order valence-corrected chi connectivity index (χ3v) is 4.52. The Morgan fingerprint density at radius 3 is 2.57 bits per heavy atom. The molecule has 0 radical (unpaired) electrons. The maximum Gasteiger partial charge on any atom is 0.311 e. The minimum Gasteiger partial charge on any atom is -0.455 e. The fourth-order valence-corrected chi connectivity index (χ4v) is 2.77. The van der Waals surface area contributed by atoms with Crippen LogP contribution in [0.1, 0.15) is 36.6 Å². The normalized spacial score (nSPS) is 11.7. The summed E-state index contributed by atoms with van der Waals surface area (Å²) in [6, 6.07) is 11.5. The maximum absolute atomic E-state index is 11.8. The topological polar surface area (TPSA) is 55.4 Å². The summed E-state index contributed by atoms with van der Waals surface area (Å²) in [5.74, 6) is -0.228. The molecule has 1 aromatic carbocycles. The van der Waals surface area contributed by atoms with Crippen LogP contribution >= 0.6 is 11.3 Å². The van der Waals surface area contributed by atoms with Gasteiger partial charge in [-0.1, -0.05) is 32.0 Å². The first-order chi connectivity index (χ1) is 11.1. The lowest BCUT2D eigenvalue weighted by Crippen LogP contribution is -2.21. The van der Waals surface area contributed by atoms with E-state index in [4.69, 9.17) is 4.74 Å². The number of esters is 1. The van der Waals surface area contributed by atoms with E-state index in [9.17, 15) is 9.59 Å². The standard InChI is InChI=1S/C18H21NO3S/c1-3-13(2)14-6-8-15(9-7-14)19-17(20)12-22-18(21)11-16-5-4-10-23-16/h4-10,13H,3,11-12H2,1-2H3,(H,19,20). The molecule has 0 saturated carbocycles. The summed E-state index contributed by atoms with van der Waals surface area (Å²) in [5, 5.41) is 4.63. The van der Waals surface area contributed by atoms with Crippen molar-refractivity contribution in [2.45, 2.75) is 32.6 Å². The summed E-state index contributed by atoms with van der Waals surface area (Å²) in [7, 11) is 0. The lowest BCUT2D eigenvalue weighted by molar-refractivity contribution is -0.146. The van der Waals surface area contributed by atoms with Gasteiger partial charge in [-0.05, 0) is 41.5 Å². The molecule has 1 aromatic heterocycles. The van der Waals surface area contributed by atoms with Crippen LogP contribution in [0.25, 0.3) is 0 Å². The number of ether oxygens (including phenoxy) is 1. The second kappa shape index (κ2) is 8.48. The monoisotopic (exact) mass is 331 g/mol. The van der Waals surface area contributed by atoms with Crippen molar-refractivity contribution in [3.63, 3.8) is 0 Å². The Morgan fingerprint density at radius 2 is 1.96 bits per heavy atom. The zero-order chi connectivity index (χ0) is 16.7. The molecule has 0 aliphatic rings. The first kappa shape index (κ1) is 17.2. The fraction of sp³-hybridized carbons (Fsp3) is 0.333. The molecule has 0 spiro atoms. The molecule has 0 saturated heterocycles. The van der Waals surface area contributed by atoms with Gasteiger partial charge in [-0.15, -0.1) is 11.3 Å². The predicted octanol–water partition coefficient (Wildman–Crippen LogP) is 3.99. The molecule has 1 atom stereocenters. The van der Waals surface area contributed by atoms with Crippen LogP contribution in [0.15, 0.2) is 41.8 Å². The van der Waals surface area contributed by atoms with Gasteiger partial charge in [0.15, 0.2) is 6.61 Å². The van der Waals surface area contributed by atoms with Gasteiger partial charge in [0.1, 0.15) is 0 Å². The SMILES string of the molecule is CCC(C)c1ccc(NC(=O)COC(=O)Cc2cccs2)cc1. The van der Waals surface area contributed by atoms with Crippen LogP contribution in [0.3, 0.4) is 0 Å². The highest BCUT2D eigenvalue weighted by atomic mass is 32.1. The average Bonchev–Trinajstić information content (AvgIpc) is 3.06. The van der Waals surface area contributed by atoms with Crippen molar-refractivity contribution in [3.8, 4) is 0 Å². The fourth-order valence-electron chi connectivity index (χ4n) is 2.08. The number of benzene rings is 1. The van der Waals surface area contributed by atoms with Gasteiger partial charge in [-0.2, -0.15) is 0 Å². The highest BCUT2D eigenvalue weighted by molar-refractivity contribution is 7.10. The van der Waals surface area contributed by atoms with E-state index in [0.717, 1.165) is 11.3 Å². The van der Waals surface area contributed by atoms with Crippen molar-refractivity contribution in [2.75, 3.05) is 11.9 Å². The molecular weight excluding hydrogens is 310 g/mol. The van der Waals surface area contributed by atoms with Crippen molar-refractivity contribution in [3.05, 3.63) is 52.2 Å². The van der Waals surface area contributed by atoms with E-state index in [0.29, 0.717) is 11.6 Å². The average molecular weight is 331 g/mol. The smallest absolute Gasteiger partial charge is 0.311 e. The minimum absolute atomic E-state index is 0.203. The van der Waals surface area contributed by atoms with Crippen LogP contribution < -0.4 is 5.32 Å². The van der Waals surface area contributed by atoms with Crippen molar-refractivity contribution in [1.29, 1.82) is 0 Å². The lowest BCUT2D eigenvalue weighted by atomic mass is 9.99. The van der Waals surface area contributed by atoms with Crippen LogP contribution in [0.4, 0.5) is 5.69 Å². The van der Waals surface area contributed by atoms with E-state index in [1.165, 1.54) is 16.9 Å². The molecule has 1 heterocycles. The molecule has 122 valence electrons. The number of hydrogen-bond donors (Lipinski definition) is 1. The third kappa shape index (κ3) is 5.53. The van der Waals surface area contributed by atoms with Gasteiger partial charge in [0.25, 0.3) is 5.91 Å². The first-order valence-electron chi connectivity index (χ1n) is 7.66. The zero-order valence-corrected chi connectivity index (χ0v) is 14.2. The Balaban J connectivity index is 1.77. The molecule has 1 unspecified atom stereocenters. The molecule has 23 heavy (non-hydrogen) atoms. The summed E-state index contributed by atoms with van der Waals surface area (Å²) in [6.07, 6.45) is 1.28. The molecule has 2 rings (SSSR count). The van der Waals surface area contributed by atoms with Gasteiger partial charge in [-0.3, -0.25) is 9.59 Å². The first-order valence-corrected chi connectivity index (χ1v) is 8.54. The van der Waals surface area contributed by atoms with E-state index in [-0.39, 0.29) is 18.9 Å². The van der Waals surface area contributed by atoms with E-state index in [1.54, 1.807) is 0 Å². The highest BCUT2D eigenvalue weighted by Gasteiger charge is 2.10. The molecule has 1 amide bonds. The Bertz CT molecular complexity index is 635. The largest absolute Gasteiger partial charge is 0.455 e. The summed E-state index contributed by atoms with van der Waals surface area (Å²) in [4.78, 5) is 24.4. The Hall–Kier alpha value is -2.14. The number of nitrogens with one attached hydrogen (secondary N) is 1. The van der Waals surface area contributed by atoms with Crippen molar-refractivity contribution >= 4 is 28.9 Å². The second-order valence-electron chi connectivity index (χ2n) is 5.40. The number of carbonyl (C=O) groups excluding carboxylic acids is 2. The Morgan fingerprint density at radius 1 is 1.22 bits per heavy atom. The number of rotatable bonds is 7. The van der Waals surface area contributed by atoms with Crippen LogP contribution in [0.2, 0.25) is 0 Å². The number of thiophene rings is 1. The quantitative estimate of drug-likeness (QED) is 0.781. The summed E-state index contributed by atoms with van der Waals surface area (Å²) < 4.78 is 4.98. The molecule has 1 N–H and O–H groups in total. The molecular formula is C18H21NO3S. The van der Waals surface area contributed by atoms with Crippen LogP contribution in [-0.4, -0.2) is 18.5 Å². The highest BCUT2D eigenvalue weighted by Crippen LogP contribution is 2.20. The van der Waals surface area contributed by atoms with Gasteiger partial charge in [0.2, 0.25) is 0 Å². The Labute approximate surface area is 140 Å². The molecule has 0 aliphatic carbocycles. The van der Waals surface area contributed by atoms with Gasteiger partial charge in [0, 0.05) is 10.6 Å². The third-order valence-electron chi connectivity index (χ3n) is 3.64. The number of anilines is 1. The summed E-state index contributed by atoms with van der Waals surface area (Å²) >= 11 is 1.49. The van der Waals surface area contributed by atoms with Gasteiger partial charge in [0.05, 0.1) is 6.42 Å². The van der Waals surface area contributed by atoms with Crippen LogP contribution in [0.5, 0.6) is 0 Å². The maximum atomic E-state index is 11.8. The van der Waals surface area contributed by atoms with E-state index in [2.05, 4.69) is 19.2 Å². The van der Waals surface area contributed by atoms with Crippen LogP contribution in [-0.2, 0) is 20.7 Å². The van der Waals surface area contributed by atoms with Gasteiger partial charge >= 0.3 is 5.97 Å². The minimum atomic E-state index is -0.394. The Kier molecular flexibility index (Phi) is 6.35. The summed E-state index contributed by atoms with van der Waals surface area (Å²) in [5.41, 5.74) is 1.95. The number of hydrogen-bond acceptors (Lipinski definition) is 4. The van der Waals surface area contributed by atoms with Crippen molar-refractivity contribution in [1.82, 2.24) is 0 Å². The van der Waals surface area contributed by atoms with E-state index < -0.39 is 5.97 Å². The number of amides is 1. The van der Waals surface area contributed by atoms with Gasteiger partial charge < -0.3 is 10.1 Å². The lowest BCUT2D eigenvalue weighted by Gasteiger charge is -2.10. The van der Waals surface area contributed by atoms with E-state index >= 15 is 0 Å². The second-order valence-corrected chi connectivity index (χ2v) is 6.43. The predicted molar refractivity (Wildman–Crippen MR) is 92.8 cm³/mol. The molecule has 5 heteroatoms. The van der Waals surface area contributed by atoms with Crippen LogP contribution in [0, 0.1) is 0 Å². The van der Waals surface area contributed by atoms with Gasteiger partial charge in [-0.25, -0.2) is 0 Å². The van der Waals surface area contributed by atoms with Crippen molar-refractivity contribution < 1.29 is 14.3 Å². The summed E-state index contributed by atoms with van der Waals surface area (Å²) in [6.45, 7) is 4.04. The number of carbonyl (C=O) groups is 2. The van der Waals surface area contributed by atoms with Crippen molar-refractivity contribution in [2.24, 2.45) is 0 Å². The molecule has 4 nitrogen and oxygen atoms in total. The van der Waals surface area contributed by atoms with E-state index in [1.807, 2.05) is 41.8 Å². The molecule has 0 bridgehead atoms. The molecule has 0 aliphatic heterocycles. The zero-order valence-electron chi connectivity index (χ0n) is 13.4. The molecule has 0 fully saturated rings.